The number of fused-ring (bicyclic) bond motifs is 1. The Morgan fingerprint density at radius 1 is 0.750 bits per heavy atom. The van der Waals surface area contributed by atoms with Gasteiger partial charge >= 0.3 is 5.63 Å². The fourth-order valence-corrected chi connectivity index (χ4v) is 3.13. The molecule has 0 radical (unpaired) electrons. The summed E-state index contributed by atoms with van der Waals surface area (Å²) in [6, 6.07) is 25.1. The van der Waals surface area contributed by atoms with Crippen LogP contribution in [0.1, 0.15) is 16.7 Å². The number of hydrogen-bond acceptors (Lipinski definition) is 4. The molecule has 0 spiro atoms. The maximum Gasteiger partial charge on any atom is 0.379 e. The maximum absolute atomic E-state index is 12.4. The molecule has 0 saturated carbocycles. The van der Waals surface area contributed by atoms with E-state index in [1.54, 1.807) is 6.07 Å². The summed E-state index contributed by atoms with van der Waals surface area (Å²) < 4.78 is 17.3. The monoisotopic (exact) mass is 372 g/mol. The normalized spacial score (nSPS) is 10.8. The molecule has 3 aromatic carbocycles. The van der Waals surface area contributed by atoms with Crippen molar-refractivity contribution < 1.29 is 13.9 Å². The predicted molar refractivity (Wildman–Crippen MR) is 109 cm³/mol. The van der Waals surface area contributed by atoms with Crippen LogP contribution in [-0.4, -0.2) is 0 Å². The predicted octanol–water partition coefficient (Wildman–Crippen LogP) is 5.26. The maximum atomic E-state index is 12.4. The first kappa shape index (κ1) is 17.9. The lowest BCUT2D eigenvalue weighted by Gasteiger charge is -2.13. The van der Waals surface area contributed by atoms with Crippen LogP contribution >= 0.6 is 0 Å². The SMILES string of the molecule is Cc1c(OCc2ccccc2)c(=O)oc2cccc(OCc3ccccc3)c12. The minimum atomic E-state index is -0.485. The summed E-state index contributed by atoms with van der Waals surface area (Å²) >= 11 is 0. The summed E-state index contributed by atoms with van der Waals surface area (Å²) in [5, 5.41) is 0.751. The van der Waals surface area contributed by atoms with Crippen molar-refractivity contribution >= 4 is 11.0 Å². The Hall–Kier alpha value is -3.53. The van der Waals surface area contributed by atoms with Crippen molar-refractivity contribution in [2.24, 2.45) is 0 Å². The van der Waals surface area contributed by atoms with Gasteiger partial charge in [0.15, 0.2) is 0 Å². The number of rotatable bonds is 6. The molecular weight excluding hydrogens is 352 g/mol. The van der Waals surface area contributed by atoms with Gasteiger partial charge in [-0.05, 0) is 30.2 Å². The van der Waals surface area contributed by atoms with Crippen LogP contribution in [-0.2, 0) is 13.2 Å². The van der Waals surface area contributed by atoms with Crippen molar-refractivity contribution in [2.75, 3.05) is 0 Å². The van der Waals surface area contributed by atoms with Crippen LogP contribution in [0.15, 0.2) is 88.1 Å². The van der Waals surface area contributed by atoms with Gasteiger partial charge in [0.2, 0.25) is 5.75 Å². The molecule has 0 amide bonds. The highest BCUT2D eigenvalue weighted by Crippen LogP contribution is 2.32. The first-order valence-corrected chi connectivity index (χ1v) is 9.12. The molecule has 0 aliphatic heterocycles. The van der Waals surface area contributed by atoms with E-state index in [2.05, 4.69) is 0 Å². The topological polar surface area (TPSA) is 48.7 Å². The molecule has 0 aliphatic rings. The first-order chi connectivity index (χ1) is 13.7. The van der Waals surface area contributed by atoms with Crippen LogP contribution in [0.2, 0.25) is 0 Å². The van der Waals surface area contributed by atoms with Crippen molar-refractivity contribution in [3.63, 3.8) is 0 Å². The van der Waals surface area contributed by atoms with E-state index in [4.69, 9.17) is 13.9 Å². The molecule has 0 aliphatic carbocycles. The van der Waals surface area contributed by atoms with E-state index >= 15 is 0 Å². The average Bonchev–Trinajstić information content (AvgIpc) is 2.73. The zero-order valence-electron chi connectivity index (χ0n) is 15.6. The number of benzene rings is 3. The molecule has 4 heteroatoms. The van der Waals surface area contributed by atoms with Gasteiger partial charge in [0, 0.05) is 5.56 Å². The Morgan fingerprint density at radius 2 is 1.36 bits per heavy atom. The van der Waals surface area contributed by atoms with E-state index in [9.17, 15) is 4.79 Å². The van der Waals surface area contributed by atoms with Crippen LogP contribution in [0.5, 0.6) is 11.5 Å². The van der Waals surface area contributed by atoms with E-state index in [0.29, 0.717) is 30.1 Å². The van der Waals surface area contributed by atoms with Gasteiger partial charge in [0.25, 0.3) is 0 Å². The number of aryl methyl sites for hydroxylation is 1. The molecule has 0 fully saturated rings. The van der Waals surface area contributed by atoms with Crippen LogP contribution < -0.4 is 15.1 Å². The molecular formula is C24H20O4. The summed E-state index contributed by atoms with van der Waals surface area (Å²) in [7, 11) is 0. The van der Waals surface area contributed by atoms with Crippen molar-refractivity contribution in [1.29, 1.82) is 0 Å². The van der Waals surface area contributed by atoms with Gasteiger partial charge in [-0.15, -0.1) is 0 Å². The van der Waals surface area contributed by atoms with Crippen LogP contribution in [0.25, 0.3) is 11.0 Å². The Balaban J connectivity index is 1.66. The molecule has 0 atom stereocenters. The fraction of sp³-hybridized carbons (Fsp3) is 0.125. The van der Waals surface area contributed by atoms with Gasteiger partial charge in [-0.25, -0.2) is 4.79 Å². The molecule has 4 rings (SSSR count). The van der Waals surface area contributed by atoms with Gasteiger partial charge in [0.1, 0.15) is 24.5 Å². The summed E-state index contributed by atoms with van der Waals surface area (Å²) in [6.45, 7) is 2.58. The van der Waals surface area contributed by atoms with Gasteiger partial charge in [0.05, 0.1) is 5.39 Å². The third kappa shape index (κ3) is 3.76. The second kappa shape index (κ2) is 8.01. The Morgan fingerprint density at radius 3 is 2.00 bits per heavy atom. The molecule has 0 bridgehead atoms. The van der Waals surface area contributed by atoms with Crippen molar-refractivity contribution in [3.05, 3.63) is 106 Å². The average molecular weight is 372 g/mol. The van der Waals surface area contributed by atoms with Crippen LogP contribution in [0.4, 0.5) is 0 Å². The van der Waals surface area contributed by atoms with Crippen LogP contribution in [0, 0.1) is 6.92 Å². The second-order valence-corrected chi connectivity index (χ2v) is 6.52. The van der Waals surface area contributed by atoms with E-state index in [1.807, 2.05) is 79.7 Å². The van der Waals surface area contributed by atoms with Crippen LogP contribution in [0.3, 0.4) is 0 Å². The molecule has 0 unspecified atom stereocenters. The summed E-state index contributed by atoms with van der Waals surface area (Å²) in [5.74, 6) is 0.874. The van der Waals surface area contributed by atoms with Gasteiger partial charge in [-0.3, -0.25) is 0 Å². The largest absolute Gasteiger partial charge is 0.488 e. The highest BCUT2D eigenvalue weighted by atomic mass is 16.5. The smallest absolute Gasteiger partial charge is 0.379 e. The molecule has 0 N–H and O–H groups in total. The van der Waals surface area contributed by atoms with E-state index in [1.165, 1.54) is 0 Å². The minimum Gasteiger partial charge on any atom is -0.488 e. The molecule has 1 aromatic heterocycles. The second-order valence-electron chi connectivity index (χ2n) is 6.52. The summed E-state index contributed by atoms with van der Waals surface area (Å²) in [5.41, 5.74) is 2.76. The summed E-state index contributed by atoms with van der Waals surface area (Å²) in [6.07, 6.45) is 0. The quantitative estimate of drug-likeness (QED) is 0.433. The molecule has 4 nitrogen and oxygen atoms in total. The fourth-order valence-electron chi connectivity index (χ4n) is 3.13. The van der Waals surface area contributed by atoms with E-state index in [-0.39, 0.29) is 5.75 Å². The molecule has 0 saturated heterocycles. The zero-order chi connectivity index (χ0) is 19.3. The minimum absolute atomic E-state index is 0.215. The van der Waals surface area contributed by atoms with E-state index < -0.39 is 5.63 Å². The molecule has 28 heavy (non-hydrogen) atoms. The zero-order valence-corrected chi connectivity index (χ0v) is 15.6. The third-order valence-electron chi connectivity index (χ3n) is 4.55. The van der Waals surface area contributed by atoms with Crippen molar-refractivity contribution in [3.8, 4) is 11.5 Å². The highest BCUT2D eigenvalue weighted by Gasteiger charge is 2.16. The molecule has 140 valence electrons. The van der Waals surface area contributed by atoms with Gasteiger partial charge in [-0.1, -0.05) is 66.7 Å². The lowest BCUT2D eigenvalue weighted by Crippen LogP contribution is -2.10. The number of ether oxygens (including phenoxy) is 2. The summed E-state index contributed by atoms with van der Waals surface area (Å²) in [4.78, 5) is 12.4. The lowest BCUT2D eigenvalue weighted by atomic mass is 10.1. The Bertz CT molecular complexity index is 1130. The van der Waals surface area contributed by atoms with Gasteiger partial charge in [-0.2, -0.15) is 0 Å². The standard InChI is InChI=1S/C24H20O4/c1-17-22-20(26-15-18-9-4-2-5-10-18)13-8-14-21(22)28-24(25)23(17)27-16-19-11-6-3-7-12-19/h2-14H,15-16H2,1H3. The van der Waals surface area contributed by atoms with Crippen molar-refractivity contribution in [2.45, 2.75) is 20.1 Å². The lowest BCUT2D eigenvalue weighted by molar-refractivity contribution is 0.287. The number of hydrogen-bond donors (Lipinski definition) is 0. The highest BCUT2D eigenvalue weighted by molar-refractivity contribution is 5.88. The third-order valence-corrected chi connectivity index (χ3v) is 4.55. The van der Waals surface area contributed by atoms with Crippen molar-refractivity contribution in [1.82, 2.24) is 0 Å². The molecule has 4 aromatic rings. The Kier molecular flexibility index (Phi) is 5.11. The van der Waals surface area contributed by atoms with Gasteiger partial charge < -0.3 is 13.9 Å². The molecule has 1 heterocycles. The van der Waals surface area contributed by atoms with E-state index in [0.717, 1.165) is 16.5 Å². The Labute approximate surface area is 163 Å². The first-order valence-electron chi connectivity index (χ1n) is 9.12.